The minimum atomic E-state index is -0.0923. The van der Waals surface area contributed by atoms with Crippen LogP contribution in [0.25, 0.3) is 0 Å². The number of carbonyl (C=O) groups excluding carboxylic acids is 1. The van der Waals surface area contributed by atoms with Crippen LogP contribution in [0.1, 0.15) is 32.3 Å². The third-order valence-electron chi connectivity index (χ3n) is 3.37. The summed E-state index contributed by atoms with van der Waals surface area (Å²) in [5.74, 6) is 0.132. The molecule has 1 fully saturated rings. The van der Waals surface area contributed by atoms with Gasteiger partial charge in [0.05, 0.1) is 16.8 Å². The van der Waals surface area contributed by atoms with E-state index in [0.29, 0.717) is 11.1 Å². The van der Waals surface area contributed by atoms with Gasteiger partial charge in [0, 0.05) is 12.6 Å². The highest BCUT2D eigenvalue weighted by Gasteiger charge is 2.30. The number of hydrogen-bond acceptors (Lipinski definition) is 2. The Labute approximate surface area is 119 Å². The normalized spacial score (nSPS) is 20.2. The van der Waals surface area contributed by atoms with E-state index in [1.54, 1.807) is 0 Å². The Hall–Kier alpha value is -1.06. The van der Waals surface area contributed by atoms with Crippen LogP contribution in [0.4, 0.5) is 5.69 Å². The maximum Gasteiger partial charge on any atom is 0.244 e. The molecule has 4 heteroatoms. The lowest BCUT2D eigenvalue weighted by molar-refractivity contribution is -0.121. The molecule has 1 heterocycles. The summed E-state index contributed by atoms with van der Waals surface area (Å²) in [6.07, 6.45) is 1.90. The molecule has 3 nitrogen and oxygen atoms in total. The molecule has 1 aliphatic rings. The first kappa shape index (κ1) is 14.4. The van der Waals surface area contributed by atoms with Gasteiger partial charge in [0.2, 0.25) is 5.91 Å². The first-order valence-electron chi connectivity index (χ1n) is 6.82. The Morgan fingerprint density at radius 2 is 2.16 bits per heavy atom. The van der Waals surface area contributed by atoms with Crippen molar-refractivity contribution in [3.05, 3.63) is 28.8 Å². The second-order valence-electron chi connectivity index (χ2n) is 5.46. The molecule has 1 aromatic rings. The van der Waals surface area contributed by atoms with E-state index in [2.05, 4.69) is 19.2 Å². The molecule has 0 bridgehead atoms. The molecular weight excluding hydrogens is 260 g/mol. The molecule has 1 unspecified atom stereocenters. The predicted octanol–water partition coefficient (Wildman–Crippen LogP) is 3.14. The van der Waals surface area contributed by atoms with E-state index in [1.807, 2.05) is 30.0 Å². The minimum absolute atomic E-state index is 0.0923. The summed E-state index contributed by atoms with van der Waals surface area (Å²) in [6.45, 7) is 6.88. The number of nitrogens with one attached hydrogen (secondary N) is 1. The molecule has 1 aromatic carbocycles. The van der Waals surface area contributed by atoms with Crippen molar-refractivity contribution >= 4 is 23.2 Å². The smallest absolute Gasteiger partial charge is 0.244 e. The van der Waals surface area contributed by atoms with Crippen molar-refractivity contribution in [2.75, 3.05) is 11.4 Å². The number of nitrogens with zero attached hydrogens (tertiary/aromatic N) is 1. The monoisotopic (exact) mass is 280 g/mol. The van der Waals surface area contributed by atoms with Crippen molar-refractivity contribution in [2.45, 2.75) is 45.7 Å². The Kier molecular flexibility index (Phi) is 4.48. The zero-order valence-corrected chi connectivity index (χ0v) is 12.5. The van der Waals surface area contributed by atoms with Crippen molar-refractivity contribution in [2.24, 2.45) is 0 Å². The summed E-state index contributed by atoms with van der Waals surface area (Å²) < 4.78 is 0. The molecule has 0 spiro atoms. The standard InChI is InChI=1S/C15H21ClN2O/c1-10(2)17-13-5-4-8-18(15(13)19)14-9-11(3)6-7-12(14)16/h6-7,9-10,13,17H,4-5,8H2,1-3H3. The van der Waals surface area contributed by atoms with Crippen LogP contribution < -0.4 is 10.2 Å². The molecule has 1 amide bonds. The van der Waals surface area contributed by atoms with Crippen LogP contribution in [-0.2, 0) is 4.79 Å². The molecule has 104 valence electrons. The zero-order valence-electron chi connectivity index (χ0n) is 11.7. The van der Waals surface area contributed by atoms with Gasteiger partial charge in [-0.1, -0.05) is 31.5 Å². The van der Waals surface area contributed by atoms with Crippen molar-refractivity contribution in [1.29, 1.82) is 0 Å². The van der Waals surface area contributed by atoms with E-state index in [1.165, 1.54) is 0 Å². The highest BCUT2D eigenvalue weighted by atomic mass is 35.5. The van der Waals surface area contributed by atoms with Crippen LogP contribution in [0.15, 0.2) is 18.2 Å². The van der Waals surface area contributed by atoms with Gasteiger partial charge in [-0.25, -0.2) is 0 Å². The summed E-state index contributed by atoms with van der Waals surface area (Å²) in [4.78, 5) is 14.3. The molecule has 0 aliphatic carbocycles. The van der Waals surface area contributed by atoms with E-state index in [0.717, 1.165) is 30.6 Å². The second-order valence-corrected chi connectivity index (χ2v) is 5.87. The van der Waals surface area contributed by atoms with E-state index in [9.17, 15) is 4.79 Å². The maximum absolute atomic E-state index is 12.5. The number of benzene rings is 1. The molecule has 1 saturated heterocycles. The van der Waals surface area contributed by atoms with Gasteiger partial charge in [-0.2, -0.15) is 0 Å². The molecule has 2 rings (SSSR count). The summed E-state index contributed by atoms with van der Waals surface area (Å²) in [5.41, 5.74) is 1.95. The zero-order chi connectivity index (χ0) is 14.0. The number of amides is 1. The van der Waals surface area contributed by atoms with E-state index in [-0.39, 0.29) is 11.9 Å². The Balaban J connectivity index is 2.24. The van der Waals surface area contributed by atoms with Gasteiger partial charge in [0.15, 0.2) is 0 Å². The fourth-order valence-corrected chi connectivity index (χ4v) is 2.72. The largest absolute Gasteiger partial charge is 0.310 e. The summed E-state index contributed by atoms with van der Waals surface area (Å²) in [5, 5.41) is 3.97. The molecule has 1 atom stereocenters. The molecule has 0 saturated carbocycles. The van der Waals surface area contributed by atoms with Crippen LogP contribution in [0, 0.1) is 6.92 Å². The highest BCUT2D eigenvalue weighted by molar-refractivity contribution is 6.33. The quantitative estimate of drug-likeness (QED) is 0.922. The number of anilines is 1. The number of hydrogen-bond donors (Lipinski definition) is 1. The predicted molar refractivity (Wildman–Crippen MR) is 79.8 cm³/mol. The van der Waals surface area contributed by atoms with Crippen LogP contribution in [0.5, 0.6) is 0 Å². The molecule has 0 radical (unpaired) electrons. The minimum Gasteiger partial charge on any atom is -0.310 e. The number of rotatable bonds is 3. The van der Waals surface area contributed by atoms with Crippen LogP contribution >= 0.6 is 11.6 Å². The van der Waals surface area contributed by atoms with Crippen molar-refractivity contribution in [3.63, 3.8) is 0 Å². The lowest BCUT2D eigenvalue weighted by Crippen LogP contribution is -2.52. The van der Waals surface area contributed by atoms with Gasteiger partial charge >= 0.3 is 0 Å². The van der Waals surface area contributed by atoms with Crippen molar-refractivity contribution < 1.29 is 4.79 Å². The van der Waals surface area contributed by atoms with Crippen LogP contribution in [0.3, 0.4) is 0 Å². The number of aryl methyl sites for hydroxylation is 1. The average molecular weight is 281 g/mol. The first-order valence-corrected chi connectivity index (χ1v) is 7.20. The summed E-state index contributed by atoms with van der Waals surface area (Å²) >= 11 is 6.23. The van der Waals surface area contributed by atoms with Gasteiger partial charge in [-0.15, -0.1) is 0 Å². The third-order valence-corrected chi connectivity index (χ3v) is 3.69. The van der Waals surface area contributed by atoms with Gasteiger partial charge < -0.3 is 10.2 Å². The van der Waals surface area contributed by atoms with Crippen LogP contribution in [0.2, 0.25) is 5.02 Å². The molecule has 1 aliphatic heterocycles. The Morgan fingerprint density at radius 1 is 1.42 bits per heavy atom. The van der Waals surface area contributed by atoms with E-state index in [4.69, 9.17) is 11.6 Å². The Morgan fingerprint density at radius 3 is 2.84 bits per heavy atom. The fraction of sp³-hybridized carbons (Fsp3) is 0.533. The Bertz CT molecular complexity index is 473. The second kappa shape index (κ2) is 5.93. The lowest BCUT2D eigenvalue weighted by atomic mass is 10.0. The van der Waals surface area contributed by atoms with E-state index < -0.39 is 0 Å². The van der Waals surface area contributed by atoms with Crippen LogP contribution in [-0.4, -0.2) is 24.5 Å². The van der Waals surface area contributed by atoms with Gasteiger partial charge in [-0.3, -0.25) is 4.79 Å². The highest BCUT2D eigenvalue weighted by Crippen LogP contribution is 2.29. The van der Waals surface area contributed by atoms with E-state index >= 15 is 0 Å². The lowest BCUT2D eigenvalue weighted by Gasteiger charge is -2.34. The van der Waals surface area contributed by atoms with Crippen molar-refractivity contribution in [3.8, 4) is 0 Å². The number of piperidine rings is 1. The van der Waals surface area contributed by atoms with Gasteiger partial charge in [0.1, 0.15) is 0 Å². The van der Waals surface area contributed by atoms with Crippen molar-refractivity contribution in [1.82, 2.24) is 5.32 Å². The van der Waals surface area contributed by atoms with Gasteiger partial charge in [0.25, 0.3) is 0 Å². The first-order chi connectivity index (χ1) is 8.99. The average Bonchev–Trinajstić information content (AvgIpc) is 2.35. The SMILES string of the molecule is Cc1ccc(Cl)c(N2CCCC(NC(C)C)C2=O)c1. The third kappa shape index (κ3) is 3.28. The molecular formula is C15H21ClN2O. The summed E-state index contributed by atoms with van der Waals surface area (Å²) in [7, 11) is 0. The molecule has 19 heavy (non-hydrogen) atoms. The maximum atomic E-state index is 12.5. The molecule has 0 aromatic heterocycles. The number of halogens is 1. The van der Waals surface area contributed by atoms with Gasteiger partial charge in [-0.05, 0) is 37.5 Å². The molecule has 1 N–H and O–H groups in total. The topological polar surface area (TPSA) is 32.3 Å². The number of carbonyl (C=O) groups is 1. The summed E-state index contributed by atoms with van der Waals surface area (Å²) in [6, 6.07) is 6.02. The fourth-order valence-electron chi connectivity index (χ4n) is 2.50.